The van der Waals surface area contributed by atoms with Crippen LogP contribution in [-0.4, -0.2) is 6.29 Å². The minimum Gasteiger partial charge on any atom is -0.355 e. The average molecular weight is 194 g/mol. The van der Waals surface area contributed by atoms with E-state index in [2.05, 4.69) is 6.07 Å². The van der Waals surface area contributed by atoms with Crippen molar-refractivity contribution < 1.29 is 37.5 Å². The van der Waals surface area contributed by atoms with Crippen LogP contribution in [0.2, 0.25) is 0 Å². The molecule has 0 unspecified atom stereocenters. The number of rotatable bonds is 1. The molecule has 43 valence electrons. The zero-order valence-electron chi connectivity index (χ0n) is 4.87. The van der Waals surface area contributed by atoms with E-state index in [0.717, 1.165) is 6.29 Å². The molecule has 0 atom stereocenters. The SMILES string of the molecule is O=Cc1[c-]cccc1.[Y]. The van der Waals surface area contributed by atoms with Crippen LogP contribution in [-0.2, 0) is 32.7 Å². The summed E-state index contributed by atoms with van der Waals surface area (Å²) in [5, 5.41) is 0. The van der Waals surface area contributed by atoms with Gasteiger partial charge in [-0.15, -0.1) is 35.9 Å². The minimum absolute atomic E-state index is 0. The third kappa shape index (κ3) is 2.88. The minimum atomic E-state index is 0. The van der Waals surface area contributed by atoms with E-state index in [-0.39, 0.29) is 32.7 Å². The molecule has 2 heteroatoms. The Bertz CT molecular complexity index is 172. The second-order valence-electron chi connectivity index (χ2n) is 1.44. The summed E-state index contributed by atoms with van der Waals surface area (Å²) in [6.07, 6.45) is 0.778. The van der Waals surface area contributed by atoms with Gasteiger partial charge < -0.3 is 4.79 Å². The third-order valence-electron chi connectivity index (χ3n) is 0.860. The average Bonchev–Trinajstić information content (AvgIpc) is 1.90. The Morgan fingerprint density at radius 2 is 2.22 bits per heavy atom. The maximum absolute atomic E-state index is 9.98. The van der Waals surface area contributed by atoms with Crippen molar-refractivity contribution in [3.63, 3.8) is 0 Å². The Balaban J connectivity index is 0.000000640. The molecule has 1 nitrogen and oxygen atoms in total. The van der Waals surface area contributed by atoms with Gasteiger partial charge in [0.2, 0.25) is 0 Å². The molecule has 1 rings (SSSR count). The Hall–Kier alpha value is -0.00610. The Labute approximate surface area is 79.3 Å². The molecule has 0 fully saturated rings. The van der Waals surface area contributed by atoms with Crippen molar-refractivity contribution in [1.82, 2.24) is 0 Å². The van der Waals surface area contributed by atoms with Gasteiger partial charge in [-0.1, -0.05) is 0 Å². The quantitative estimate of drug-likeness (QED) is 0.486. The summed E-state index contributed by atoms with van der Waals surface area (Å²) in [4.78, 5) is 9.98. The van der Waals surface area contributed by atoms with Gasteiger partial charge in [-0.05, 0) is 0 Å². The van der Waals surface area contributed by atoms with E-state index in [1.54, 1.807) is 18.2 Å². The van der Waals surface area contributed by atoms with E-state index >= 15 is 0 Å². The van der Waals surface area contributed by atoms with Gasteiger partial charge in [-0.2, -0.15) is 0 Å². The molecule has 1 radical (unpaired) electrons. The predicted molar refractivity (Wildman–Crippen MR) is 30.7 cm³/mol. The van der Waals surface area contributed by atoms with Crippen LogP contribution >= 0.6 is 0 Å². The third-order valence-corrected chi connectivity index (χ3v) is 0.860. The van der Waals surface area contributed by atoms with Gasteiger partial charge in [0.1, 0.15) is 0 Å². The number of hydrogen-bond acceptors (Lipinski definition) is 1. The molecule has 1 aromatic carbocycles. The first-order chi connectivity index (χ1) is 3.93. The number of carbonyl (C=O) groups excluding carboxylic acids is 1. The van der Waals surface area contributed by atoms with Crippen molar-refractivity contribution in [1.29, 1.82) is 0 Å². The normalized spacial score (nSPS) is 7.56. The molecule has 0 aliphatic rings. The molecular formula is C7H5OY-. The molecule has 0 bridgehead atoms. The Kier molecular flexibility index (Phi) is 4.83. The molecular weight excluding hydrogens is 189 g/mol. The fourth-order valence-corrected chi connectivity index (χ4v) is 0.481. The Morgan fingerprint density at radius 3 is 2.56 bits per heavy atom. The van der Waals surface area contributed by atoms with E-state index in [4.69, 9.17) is 0 Å². The molecule has 1 aromatic rings. The standard InChI is InChI=1S/C7H5O.Y/c8-6-7-4-2-1-3-5-7;/h1-4,6H;/q-1;. The second-order valence-corrected chi connectivity index (χ2v) is 1.44. The summed E-state index contributed by atoms with van der Waals surface area (Å²) in [6.45, 7) is 0. The van der Waals surface area contributed by atoms with Crippen LogP contribution in [0.5, 0.6) is 0 Å². The van der Waals surface area contributed by atoms with Crippen LogP contribution in [0.1, 0.15) is 10.4 Å². The zero-order chi connectivity index (χ0) is 5.82. The van der Waals surface area contributed by atoms with Crippen molar-refractivity contribution >= 4 is 6.29 Å². The zero-order valence-corrected chi connectivity index (χ0v) is 7.71. The van der Waals surface area contributed by atoms with Gasteiger partial charge >= 0.3 is 0 Å². The first-order valence-electron chi connectivity index (χ1n) is 2.35. The summed E-state index contributed by atoms with van der Waals surface area (Å²) in [5.74, 6) is 0. The van der Waals surface area contributed by atoms with E-state index in [9.17, 15) is 4.79 Å². The molecule has 0 aliphatic carbocycles. The number of hydrogen-bond donors (Lipinski definition) is 0. The topological polar surface area (TPSA) is 17.1 Å². The van der Waals surface area contributed by atoms with Crippen LogP contribution in [0.3, 0.4) is 0 Å². The second kappa shape index (κ2) is 4.83. The van der Waals surface area contributed by atoms with Crippen LogP contribution in [0.4, 0.5) is 0 Å². The van der Waals surface area contributed by atoms with Gasteiger partial charge in [-0.25, -0.2) is 0 Å². The van der Waals surface area contributed by atoms with Gasteiger partial charge in [0.25, 0.3) is 0 Å². The van der Waals surface area contributed by atoms with Crippen LogP contribution < -0.4 is 0 Å². The summed E-state index contributed by atoms with van der Waals surface area (Å²) in [7, 11) is 0. The van der Waals surface area contributed by atoms with Crippen molar-refractivity contribution in [2.45, 2.75) is 0 Å². The fraction of sp³-hybridized carbons (Fsp3) is 0. The van der Waals surface area contributed by atoms with Crippen molar-refractivity contribution in [3.05, 3.63) is 35.9 Å². The summed E-state index contributed by atoms with van der Waals surface area (Å²) in [5.41, 5.74) is 0.604. The number of aldehydes is 1. The smallest absolute Gasteiger partial charge is 0.0655 e. The van der Waals surface area contributed by atoms with Gasteiger partial charge in [0.05, 0.1) is 6.29 Å². The molecule has 9 heavy (non-hydrogen) atoms. The summed E-state index contributed by atoms with van der Waals surface area (Å²) < 4.78 is 0. The monoisotopic (exact) mass is 194 g/mol. The van der Waals surface area contributed by atoms with E-state index < -0.39 is 0 Å². The van der Waals surface area contributed by atoms with Crippen LogP contribution in [0.15, 0.2) is 24.3 Å². The maximum atomic E-state index is 9.98. The molecule has 0 amide bonds. The molecule has 0 heterocycles. The van der Waals surface area contributed by atoms with Crippen molar-refractivity contribution in [2.24, 2.45) is 0 Å². The van der Waals surface area contributed by atoms with E-state index in [0.29, 0.717) is 5.56 Å². The summed E-state index contributed by atoms with van der Waals surface area (Å²) in [6, 6.07) is 9.81. The first-order valence-corrected chi connectivity index (χ1v) is 2.35. The van der Waals surface area contributed by atoms with Gasteiger partial charge in [0.15, 0.2) is 0 Å². The van der Waals surface area contributed by atoms with Crippen molar-refractivity contribution in [3.8, 4) is 0 Å². The fourth-order valence-electron chi connectivity index (χ4n) is 0.481. The molecule has 0 aromatic heterocycles. The van der Waals surface area contributed by atoms with Crippen LogP contribution in [0, 0.1) is 6.07 Å². The molecule has 0 saturated carbocycles. The number of carbonyl (C=O) groups is 1. The molecule has 0 spiro atoms. The number of benzene rings is 1. The first kappa shape index (κ1) is 8.99. The molecule has 0 aliphatic heterocycles. The summed E-state index contributed by atoms with van der Waals surface area (Å²) >= 11 is 0. The van der Waals surface area contributed by atoms with Gasteiger partial charge in [0, 0.05) is 32.7 Å². The maximum Gasteiger partial charge on any atom is 0.0655 e. The van der Waals surface area contributed by atoms with Gasteiger partial charge in [-0.3, -0.25) is 0 Å². The van der Waals surface area contributed by atoms with E-state index in [1.165, 1.54) is 0 Å². The van der Waals surface area contributed by atoms with Crippen LogP contribution in [0.25, 0.3) is 0 Å². The largest absolute Gasteiger partial charge is 0.355 e. The predicted octanol–water partition coefficient (Wildman–Crippen LogP) is 1.30. The van der Waals surface area contributed by atoms with Crippen molar-refractivity contribution in [2.75, 3.05) is 0 Å². The van der Waals surface area contributed by atoms with E-state index in [1.807, 2.05) is 6.07 Å². The Morgan fingerprint density at radius 1 is 1.44 bits per heavy atom. The molecule has 0 N–H and O–H groups in total. The molecule has 0 saturated heterocycles.